The topological polar surface area (TPSA) is 142 Å². The third kappa shape index (κ3) is 28.8. The lowest BCUT2D eigenvalue weighted by molar-refractivity contribution is -0.000328. The molecule has 0 aromatic carbocycles. The molecule has 0 aromatic rings. The van der Waals surface area contributed by atoms with Crippen molar-refractivity contribution in [1.29, 1.82) is 0 Å². The van der Waals surface area contributed by atoms with Crippen LogP contribution < -0.4 is 0 Å². The van der Waals surface area contributed by atoms with E-state index >= 15 is 0 Å². The van der Waals surface area contributed by atoms with E-state index in [1.165, 1.54) is 83.5 Å². The minimum absolute atomic E-state index is 0.0368. The van der Waals surface area contributed by atoms with E-state index in [2.05, 4.69) is 194 Å². The van der Waals surface area contributed by atoms with Crippen LogP contribution in [0.4, 0.5) is 0 Å². The minimum atomic E-state index is -0.0553. The number of aliphatic hydroxyl groups excluding tert-OH is 7. The molecule has 0 saturated heterocycles. The van der Waals surface area contributed by atoms with Crippen molar-refractivity contribution in [2.24, 2.45) is 166 Å². The molecule has 0 aromatic heterocycles. The van der Waals surface area contributed by atoms with Gasteiger partial charge in [-0.3, -0.25) is 0 Å². The predicted molar refractivity (Wildman–Crippen MR) is 396 cm³/mol. The maximum atomic E-state index is 9.86. The second-order valence-corrected chi connectivity index (χ2v) is 35.1. The Balaban J connectivity index is 0.000000531. The Labute approximate surface area is 570 Å². The van der Waals surface area contributed by atoms with Gasteiger partial charge < -0.3 is 35.7 Å². The summed E-state index contributed by atoms with van der Waals surface area (Å²) in [7, 11) is 0. The molecular weight excluding hydrogens is 1120 g/mol. The van der Waals surface area contributed by atoms with Gasteiger partial charge in [0.2, 0.25) is 0 Å². The zero-order valence-electron chi connectivity index (χ0n) is 66.2. The van der Waals surface area contributed by atoms with Crippen molar-refractivity contribution in [3.05, 3.63) is 0 Å². The third-order valence-electron chi connectivity index (χ3n) is 28.5. The Morgan fingerprint density at radius 2 is 0.604 bits per heavy atom. The van der Waals surface area contributed by atoms with Crippen LogP contribution >= 0.6 is 0 Å². The molecule has 31 atom stereocenters. The molecule has 7 rings (SSSR count). The van der Waals surface area contributed by atoms with Gasteiger partial charge in [-0.25, -0.2) is 0 Å². The van der Waals surface area contributed by atoms with Crippen LogP contribution in [0, 0.1) is 166 Å². The van der Waals surface area contributed by atoms with Crippen LogP contribution in [0.25, 0.3) is 0 Å². The lowest BCUT2D eigenvalue weighted by Crippen LogP contribution is -2.37. The molecule has 31 unspecified atom stereocenters. The Morgan fingerprint density at radius 1 is 0.242 bits per heavy atom. The van der Waals surface area contributed by atoms with E-state index in [0.717, 1.165) is 146 Å². The van der Waals surface area contributed by atoms with Gasteiger partial charge in [-0.1, -0.05) is 239 Å². The zero-order chi connectivity index (χ0) is 70.1. The highest BCUT2D eigenvalue weighted by atomic mass is 16.3. The molecule has 7 nitrogen and oxygen atoms in total. The number of rotatable bonds is 14. The summed E-state index contributed by atoms with van der Waals surface area (Å²) in [6.45, 7) is 63.8. The van der Waals surface area contributed by atoms with E-state index in [9.17, 15) is 35.7 Å². The number of hydrogen-bond acceptors (Lipinski definition) is 7. The van der Waals surface area contributed by atoms with E-state index in [-0.39, 0.29) is 42.7 Å². The van der Waals surface area contributed by atoms with E-state index in [1.54, 1.807) is 0 Å². The summed E-state index contributed by atoms with van der Waals surface area (Å²) in [4.78, 5) is 0. The summed E-state index contributed by atoms with van der Waals surface area (Å²) in [5.74, 6) is 20.0. The normalized spacial score (nSPS) is 43.2. The zero-order valence-corrected chi connectivity index (χ0v) is 66.2. The van der Waals surface area contributed by atoms with Crippen LogP contribution in [-0.4, -0.2) is 78.5 Å². The largest absolute Gasteiger partial charge is 0.393 e. The maximum absolute atomic E-state index is 9.86. The fourth-order valence-corrected chi connectivity index (χ4v) is 19.3. The van der Waals surface area contributed by atoms with Crippen molar-refractivity contribution in [3.8, 4) is 0 Å². The number of aliphatic hydroxyl groups is 7. The van der Waals surface area contributed by atoms with Crippen LogP contribution in [0.1, 0.15) is 329 Å². The molecule has 0 bridgehead atoms. The first kappa shape index (κ1) is 88.7. The Morgan fingerprint density at radius 3 is 1.07 bits per heavy atom. The van der Waals surface area contributed by atoms with Gasteiger partial charge in [-0.2, -0.15) is 0 Å². The summed E-state index contributed by atoms with van der Waals surface area (Å²) in [6, 6.07) is 0. The lowest BCUT2D eigenvalue weighted by atomic mass is 9.66. The van der Waals surface area contributed by atoms with Crippen molar-refractivity contribution in [2.45, 2.75) is 371 Å². The SMILES string of the molecule is CCC(C)C1C(C)CC(O)CC1C.CCC(C)C1CC(C)C(C)C(O)C1.CCC(C)C1CC(C)C(O)C(C)C1.CCC(C)C1CC(C)C(O)CC1C.CCC(C)C1CC(O)C(C)CC1C.CCC(C)C1CC(O)CC(C)C1C.CCC(C)C1CCC(O)C(C)C1C. The van der Waals surface area contributed by atoms with Gasteiger partial charge in [0.05, 0.1) is 42.7 Å². The number of hydrogen-bond donors (Lipinski definition) is 7. The Bertz CT molecular complexity index is 1670. The monoisotopic (exact) mass is 1290 g/mol. The average Bonchev–Trinajstić information content (AvgIpc) is 1.21. The fourth-order valence-electron chi connectivity index (χ4n) is 19.3. The van der Waals surface area contributed by atoms with E-state index in [1.807, 2.05) is 0 Å². The van der Waals surface area contributed by atoms with Crippen molar-refractivity contribution in [3.63, 3.8) is 0 Å². The lowest BCUT2D eigenvalue weighted by Gasteiger charge is -2.40. The van der Waals surface area contributed by atoms with Crippen LogP contribution in [0.2, 0.25) is 0 Å². The van der Waals surface area contributed by atoms with Gasteiger partial charge >= 0.3 is 0 Å². The summed E-state index contributed by atoms with van der Waals surface area (Å²) in [6.07, 6.45) is 24.1. The van der Waals surface area contributed by atoms with Crippen molar-refractivity contribution >= 4 is 0 Å². The predicted octanol–water partition coefficient (Wildman–Crippen LogP) is 21.5. The van der Waals surface area contributed by atoms with E-state index in [0.29, 0.717) is 71.0 Å². The fraction of sp³-hybridized carbons (Fsp3) is 1.00. The van der Waals surface area contributed by atoms with Gasteiger partial charge in [-0.15, -0.1) is 0 Å². The molecule has 0 spiro atoms. The Kier molecular flexibility index (Phi) is 43.6. The smallest absolute Gasteiger partial charge is 0.0591 e. The molecule has 7 saturated carbocycles. The van der Waals surface area contributed by atoms with Gasteiger partial charge in [0.25, 0.3) is 0 Å². The highest BCUT2D eigenvalue weighted by Crippen LogP contribution is 2.45. The van der Waals surface area contributed by atoms with E-state index < -0.39 is 0 Å². The summed E-state index contributed by atoms with van der Waals surface area (Å²) in [5.41, 5.74) is 0. The quantitative estimate of drug-likeness (QED) is 0.0918. The molecule has 7 fully saturated rings. The van der Waals surface area contributed by atoms with Gasteiger partial charge in [0, 0.05) is 0 Å². The molecule has 0 heterocycles. The van der Waals surface area contributed by atoms with Crippen LogP contribution in [0.5, 0.6) is 0 Å². The molecule has 0 radical (unpaired) electrons. The average molecular weight is 1290 g/mol. The highest BCUT2D eigenvalue weighted by molar-refractivity contribution is 4.90. The molecule has 7 N–H and O–H groups in total. The summed E-state index contributed by atoms with van der Waals surface area (Å²) >= 11 is 0. The van der Waals surface area contributed by atoms with Crippen LogP contribution in [0.3, 0.4) is 0 Å². The van der Waals surface area contributed by atoms with E-state index in [4.69, 9.17) is 0 Å². The maximum Gasteiger partial charge on any atom is 0.0591 e. The van der Waals surface area contributed by atoms with Crippen molar-refractivity contribution in [1.82, 2.24) is 0 Å². The molecule has 7 heteroatoms. The molecule has 91 heavy (non-hydrogen) atoms. The minimum Gasteiger partial charge on any atom is -0.393 e. The molecular formula is C84H168O7. The molecule has 0 aliphatic heterocycles. The van der Waals surface area contributed by atoms with Gasteiger partial charge in [-0.05, 0) is 256 Å². The molecule has 7 aliphatic rings. The Hall–Kier alpha value is -0.280. The first-order valence-corrected chi connectivity index (χ1v) is 40.2. The summed E-state index contributed by atoms with van der Waals surface area (Å²) in [5, 5.41) is 68.3. The van der Waals surface area contributed by atoms with Gasteiger partial charge in [0.15, 0.2) is 0 Å². The third-order valence-corrected chi connectivity index (χ3v) is 28.5. The first-order valence-electron chi connectivity index (χ1n) is 40.2. The van der Waals surface area contributed by atoms with Crippen molar-refractivity contribution < 1.29 is 35.7 Å². The second-order valence-electron chi connectivity index (χ2n) is 35.1. The molecule has 546 valence electrons. The van der Waals surface area contributed by atoms with Crippen LogP contribution in [0.15, 0.2) is 0 Å². The summed E-state index contributed by atoms with van der Waals surface area (Å²) < 4.78 is 0. The molecule has 0 amide bonds. The van der Waals surface area contributed by atoms with Crippen molar-refractivity contribution in [2.75, 3.05) is 0 Å². The highest BCUT2D eigenvalue weighted by Gasteiger charge is 2.40. The standard InChI is InChI=1S/7C12H24O/c1-5-8(2)11-6-10(4)12(13)7-9(11)3;1-5-8(2)12-7-11(13)6-9(3)10(12)4;1-5-8(2)11-6-9(3)10(4)12(13)7-11;1-5-8(2)12-9(3)6-11(13)7-10(12)4;1-5-8(2)11-6-9(3)12(13)10(4)7-11;1-5-8(2)11-7-12(13)10(4)6-9(11)3;1-5-8(2)11-6-7-12(13)10(4)9(11)3/h7*8-13H,5-7H2,1-4H3. The first-order chi connectivity index (χ1) is 42.4. The second kappa shape index (κ2) is 44.7. The van der Waals surface area contributed by atoms with Crippen LogP contribution in [-0.2, 0) is 0 Å². The molecule has 7 aliphatic carbocycles. The van der Waals surface area contributed by atoms with Gasteiger partial charge in [0.1, 0.15) is 0 Å².